The lowest BCUT2D eigenvalue weighted by Crippen LogP contribution is -2.05. The van der Waals surface area contributed by atoms with Crippen LogP contribution >= 0.6 is 0 Å². The summed E-state index contributed by atoms with van der Waals surface area (Å²) in [5, 5.41) is 17.6. The van der Waals surface area contributed by atoms with Crippen LogP contribution in [0.5, 0.6) is 0 Å². The Morgan fingerprint density at radius 1 is 1.56 bits per heavy atom. The number of aryl methyl sites for hydroxylation is 1. The Hall–Kier alpha value is -1.96. The van der Waals surface area contributed by atoms with Crippen LogP contribution in [-0.4, -0.2) is 11.1 Å². The van der Waals surface area contributed by atoms with E-state index in [1.165, 1.54) is 6.07 Å². The van der Waals surface area contributed by atoms with E-state index < -0.39 is 12.4 Å². The third-order valence-corrected chi connectivity index (χ3v) is 2.22. The predicted molar refractivity (Wildman–Crippen MR) is 52.5 cm³/mol. The molecule has 0 amide bonds. The van der Waals surface area contributed by atoms with Crippen LogP contribution in [0, 0.1) is 11.3 Å². The van der Waals surface area contributed by atoms with Gasteiger partial charge in [-0.15, -0.1) is 0 Å². The molecule has 0 saturated carbocycles. The normalized spacial score (nSPS) is 10.2. The molecule has 1 aromatic carbocycles. The smallest absolute Gasteiger partial charge is 0.337 e. The van der Waals surface area contributed by atoms with E-state index >= 15 is 0 Å². The van der Waals surface area contributed by atoms with E-state index in [9.17, 15) is 13.6 Å². The SMILES string of the molecule is CCc1cc(C(F)F)cc(C(=O)O)c1C#N. The van der Waals surface area contributed by atoms with E-state index in [1.54, 1.807) is 13.0 Å². The van der Waals surface area contributed by atoms with E-state index in [4.69, 9.17) is 10.4 Å². The number of rotatable bonds is 3. The van der Waals surface area contributed by atoms with Gasteiger partial charge in [0.25, 0.3) is 6.43 Å². The van der Waals surface area contributed by atoms with Crippen molar-refractivity contribution in [1.82, 2.24) is 0 Å². The third-order valence-electron chi connectivity index (χ3n) is 2.22. The van der Waals surface area contributed by atoms with Crippen molar-refractivity contribution in [2.45, 2.75) is 19.8 Å². The lowest BCUT2D eigenvalue weighted by molar-refractivity contribution is 0.0696. The van der Waals surface area contributed by atoms with Crippen molar-refractivity contribution in [2.75, 3.05) is 0 Å². The Balaban J connectivity index is 3.51. The molecule has 0 fully saturated rings. The van der Waals surface area contributed by atoms with Gasteiger partial charge in [0.2, 0.25) is 0 Å². The van der Waals surface area contributed by atoms with Gasteiger partial charge in [-0.05, 0) is 24.1 Å². The van der Waals surface area contributed by atoms with Gasteiger partial charge in [0.05, 0.1) is 11.1 Å². The molecule has 0 aliphatic heterocycles. The molecule has 0 unspecified atom stereocenters. The second-order valence-electron chi connectivity index (χ2n) is 3.17. The fraction of sp³-hybridized carbons (Fsp3) is 0.273. The molecule has 0 heterocycles. The molecule has 3 nitrogen and oxygen atoms in total. The number of alkyl halides is 2. The Kier molecular flexibility index (Phi) is 3.56. The molecule has 84 valence electrons. The number of halogens is 2. The first-order valence-electron chi connectivity index (χ1n) is 4.59. The molecule has 1 aromatic rings. The minimum atomic E-state index is -2.74. The Morgan fingerprint density at radius 3 is 2.56 bits per heavy atom. The average Bonchev–Trinajstić information content (AvgIpc) is 2.26. The van der Waals surface area contributed by atoms with Gasteiger partial charge in [-0.25, -0.2) is 13.6 Å². The second-order valence-corrected chi connectivity index (χ2v) is 3.17. The van der Waals surface area contributed by atoms with Gasteiger partial charge in [-0.1, -0.05) is 6.92 Å². The first-order valence-corrected chi connectivity index (χ1v) is 4.59. The number of aromatic carboxylic acids is 1. The van der Waals surface area contributed by atoms with Crippen LogP contribution in [0.1, 0.15) is 40.4 Å². The van der Waals surface area contributed by atoms with Crippen LogP contribution in [-0.2, 0) is 6.42 Å². The second kappa shape index (κ2) is 4.71. The molecule has 5 heteroatoms. The molecular formula is C11H9F2NO2. The molecule has 16 heavy (non-hydrogen) atoms. The number of nitriles is 1. The Bertz CT molecular complexity index is 464. The van der Waals surface area contributed by atoms with Crippen LogP contribution in [0.2, 0.25) is 0 Å². The van der Waals surface area contributed by atoms with Gasteiger partial charge in [0.15, 0.2) is 0 Å². The minimum absolute atomic E-state index is 0.0422. The molecule has 0 aromatic heterocycles. The molecule has 0 bridgehead atoms. The molecule has 1 N–H and O–H groups in total. The Morgan fingerprint density at radius 2 is 2.19 bits per heavy atom. The first-order chi connectivity index (χ1) is 7.51. The van der Waals surface area contributed by atoms with Crippen molar-refractivity contribution < 1.29 is 18.7 Å². The highest BCUT2D eigenvalue weighted by Gasteiger charge is 2.18. The van der Waals surface area contributed by atoms with Gasteiger partial charge in [-0.2, -0.15) is 5.26 Å². The summed E-state index contributed by atoms with van der Waals surface area (Å²) in [4.78, 5) is 10.8. The molecule has 0 atom stereocenters. The average molecular weight is 225 g/mol. The largest absolute Gasteiger partial charge is 0.478 e. The predicted octanol–water partition coefficient (Wildman–Crippen LogP) is 2.76. The molecule has 0 spiro atoms. The van der Waals surface area contributed by atoms with E-state index in [2.05, 4.69) is 0 Å². The van der Waals surface area contributed by atoms with Gasteiger partial charge in [0.1, 0.15) is 6.07 Å². The number of carboxylic acids is 1. The topological polar surface area (TPSA) is 61.1 Å². The molecule has 1 rings (SSSR count). The van der Waals surface area contributed by atoms with Crippen molar-refractivity contribution in [3.05, 3.63) is 34.4 Å². The number of carbonyl (C=O) groups is 1. The maximum Gasteiger partial charge on any atom is 0.337 e. The summed E-state index contributed by atoms with van der Waals surface area (Å²) in [5.74, 6) is -1.37. The van der Waals surface area contributed by atoms with Crippen LogP contribution < -0.4 is 0 Å². The van der Waals surface area contributed by atoms with Crippen molar-refractivity contribution in [2.24, 2.45) is 0 Å². The lowest BCUT2D eigenvalue weighted by atomic mass is 9.97. The summed E-state index contributed by atoms with van der Waals surface area (Å²) < 4.78 is 25.0. The van der Waals surface area contributed by atoms with Crippen molar-refractivity contribution in [3.63, 3.8) is 0 Å². The van der Waals surface area contributed by atoms with Gasteiger partial charge < -0.3 is 5.11 Å². The fourth-order valence-electron chi connectivity index (χ4n) is 1.43. The van der Waals surface area contributed by atoms with Gasteiger partial charge in [0, 0.05) is 5.56 Å². The van der Waals surface area contributed by atoms with Gasteiger partial charge in [-0.3, -0.25) is 0 Å². The highest BCUT2D eigenvalue weighted by atomic mass is 19.3. The summed E-state index contributed by atoms with van der Waals surface area (Å²) in [6.07, 6.45) is -2.40. The summed E-state index contributed by atoms with van der Waals surface area (Å²) in [6, 6.07) is 3.77. The standard InChI is InChI=1S/C11H9F2NO2/c1-2-6-3-7(10(12)13)4-8(11(15)16)9(6)5-14/h3-4,10H,2H2,1H3,(H,15,16). The molecular weight excluding hydrogens is 216 g/mol. The molecule has 0 saturated heterocycles. The maximum absolute atomic E-state index is 12.5. The van der Waals surface area contributed by atoms with Crippen LogP contribution in [0.15, 0.2) is 12.1 Å². The summed E-state index contributed by atoms with van der Waals surface area (Å²) in [7, 11) is 0. The number of hydrogen-bond donors (Lipinski definition) is 1. The van der Waals surface area contributed by atoms with E-state index in [0.717, 1.165) is 6.07 Å². The highest BCUT2D eigenvalue weighted by molar-refractivity contribution is 5.91. The number of carboxylic acid groups (broad SMARTS) is 1. The summed E-state index contributed by atoms with van der Waals surface area (Å²) in [5.41, 5.74) is -0.442. The van der Waals surface area contributed by atoms with E-state index in [1.807, 2.05) is 0 Å². The number of hydrogen-bond acceptors (Lipinski definition) is 2. The zero-order chi connectivity index (χ0) is 12.3. The maximum atomic E-state index is 12.5. The molecule has 0 radical (unpaired) electrons. The van der Waals surface area contributed by atoms with Crippen molar-refractivity contribution in [3.8, 4) is 6.07 Å². The van der Waals surface area contributed by atoms with Gasteiger partial charge >= 0.3 is 5.97 Å². The summed E-state index contributed by atoms with van der Waals surface area (Å²) >= 11 is 0. The number of benzene rings is 1. The fourth-order valence-corrected chi connectivity index (χ4v) is 1.43. The van der Waals surface area contributed by atoms with E-state index in [0.29, 0.717) is 12.0 Å². The molecule has 0 aliphatic carbocycles. The van der Waals surface area contributed by atoms with Crippen molar-refractivity contribution in [1.29, 1.82) is 5.26 Å². The van der Waals surface area contributed by atoms with Crippen LogP contribution in [0.3, 0.4) is 0 Å². The first kappa shape index (κ1) is 12.1. The molecule has 0 aliphatic rings. The van der Waals surface area contributed by atoms with Crippen LogP contribution in [0.25, 0.3) is 0 Å². The van der Waals surface area contributed by atoms with Crippen LogP contribution in [0.4, 0.5) is 8.78 Å². The monoisotopic (exact) mass is 225 g/mol. The summed E-state index contributed by atoms with van der Waals surface area (Å²) in [6.45, 7) is 1.68. The third kappa shape index (κ3) is 2.16. The zero-order valence-corrected chi connectivity index (χ0v) is 8.50. The van der Waals surface area contributed by atoms with E-state index in [-0.39, 0.29) is 16.7 Å². The lowest BCUT2D eigenvalue weighted by Gasteiger charge is -2.08. The van der Waals surface area contributed by atoms with Crippen molar-refractivity contribution >= 4 is 5.97 Å². The Labute approximate surface area is 90.9 Å². The quantitative estimate of drug-likeness (QED) is 0.860. The zero-order valence-electron chi connectivity index (χ0n) is 8.50. The minimum Gasteiger partial charge on any atom is -0.478 e. The highest BCUT2D eigenvalue weighted by Crippen LogP contribution is 2.25. The number of nitrogens with zero attached hydrogens (tertiary/aromatic N) is 1.